The van der Waals surface area contributed by atoms with Gasteiger partial charge in [-0.3, -0.25) is 0 Å². The van der Waals surface area contributed by atoms with Crippen LogP contribution in [0.5, 0.6) is 5.75 Å². The molecule has 3 N–H and O–H groups in total. The second-order valence-corrected chi connectivity index (χ2v) is 4.10. The zero-order valence-corrected chi connectivity index (χ0v) is 9.84. The molecule has 0 bridgehead atoms. The van der Waals surface area contributed by atoms with Crippen LogP contribution in [0, 0.1) is 6.92 Å². The third-order valence-electron chi connectivity index (χ3n) is 2.85. The minimum absolute atomic E-state index is 0.732. The SMILES string of the molecule is COc1cc(C)cc2c(CCCN)c[nH]c12. The summed E-state index contributed by atoms with van der Waals surface area (Å²) in [6, 6.07) is 4.24. The van der Waals surface area contributed by atoms with Crippen molar-refractivity contribution in [3.63, 3.8) is 0 Å². The lowest BCUT2D eigenvalue weighted by Gasteiger charge is -2.04. The largest absolute Gasteiger partial charge is 0.495 e. The molecule has 0 fully saturated rings. The maximum absolute atomic E-state index is 5.54. The van der Waals surface area contributed by atoms with Gasteiger partial charge in [0.25, 0.3) is 0 Å². The molecule has 0 atom stereocenters. The molecule has 0 amide bonds. The number of ether oxygens (including phenoxy) is 1. The van der Waals surface area contributed by atoms with Crippen molar-refractivity contribution in [2.24, 2.45) is 5.73 Å². The number of nitrogens with one attached hydrogen (secondary N) is 1. The van der Waals surface area contributed by atoms with E-state index >= 15 is 0 Å². The topological polar surface area (TPSA) is 51.0 Å². The molecule has 2 aromatic rings. The highest BCUT2D eigenvalue weighted by atomic mass is 16.5. The van der Waals surface area contributed by atoms with Crippen LogP contribution in [-0.4, -0.2) is 18.6 Å². The quantitative estimate of drug-likeness (QED) is 0.827. The summed E-state index contributed by atoms with van der Waals surface area (Å²) >= 11 is 0. The Labute approximate surface area is 95.6 Å². The van der Waals surface area contributed by atoms with E-state index in [2.05, 4.69) is 24.2 Å². The lowest BCUT2D eigenvalue weighted by molar-refractivity contribution is 0.418. The maximum Gasteiger partial charge on any atom is 0.143 e. The number of hydrogen-bond acceptors (Lipinski definition) is 2. The number of nitrogens with two attached hydrogens (primary N) is 1. The molecule has 0 aliphatic heterocycles. The average molecular weight is 218 g/mol. The van der Waals surface area contributed by atoms with Crippen molar-refractivity contribution in [2.45, 2.75) is 19.8 Å². The number of hydrogen-bond donors (Lipinski definition) is 2. The summed E-state index contributed by atoms with van der Waals surface area (Å²) in [6.45, 7) is 2.82. The van der Waals surface area contributed by atoms with Gasteiger partial charge in [-0.1, -0.05) is 0 Å². The number of methoxy groups -OCH3 is 1. The molecule has 86 valence electrons. The summed E-state index contributed by atoms with van der Waals surface area (Å²) in [4.78, 5) is 3.28. The Morgan fingerprint density at radius 1 is 1.38 bits per heavy atom. The summed E-state index contributed by atoms with van der Waals surface area (Å²) in [6.07, 6.45) is 4.09. The predicted octanol–water partition coefficient (Wildman–Crippen LogP) is 2.38. The van der Waals surface area contributed by atoms with E-state index in [-0.39, 0.29) is 0 Å². The van der Waals surface area contributed by atoms with Crippen LogP contribution >= 0.6 is 0 Å². The Morgan fingerprint density at radius 3 is 2.88 bits per heavy atom. The molecule has 0 aliphatic rings. The lowest BCUT2D eigenvalue weighted by Crippen LogP contribution is -1.99. The molecule has 2 rings (SSSR count). The highest BCUT2D eigenvalue weighted by molar-refractivity contribution is 5.89. The minimum Gasteiger partial charge on any atom is -0.495 e. The van der Waals surface area contributed by atoms with Gasteiger partial charge in [-0.2, -0.15) is 0 Å². The van der Waals surface area contributed by atoms with Gasteiger partial charge < -0.3 is 15.5 Å². The standard InChI is InChI=1S/C13H18N2O/c1-9-6-11-10(4-3-5-14)8-15-13(11)12(7-9)16-2/h6-8,15H,3-5,14H2,1-2H3. The molecule has 0 unspecified atom stereocenters. The predicted molar refractivity (Wildman–Crippen MR) is 67.0 cm³/mol. The molecule has 3 nitrogen and oxygen atoms in total. The highest BCUT2D eigenvalue weighted by Gasteiger charge is 2.08. The first kappa shape index (κ1) is 11.0. The second-order valence-electron chi connectivity index (χ2n) is 4.10. The minimum atomic E-state index is 0.732. The maximum atomic E-state index is 5.54. The van der Waals surface area contributed by atoms with E-state index in [0.717, 1.165) is 30.7 Å². The summed E-state index contributed by atoms with van der Waals surface area (Å²) in [5.41, 5.74) is 9.17. The Balaban J connectivity index is 2.49. The van der Waals surface area contributed by atoms with Crippen LogP contribution in [0.2, 0.25) is 0 Å². The number of benzene rings is 1. The van der Waals surface area contributed by atoms with E-state index in [4.69, 9.17) is 10.5 Å². The number of aromatic amines is 1. The Morgan fingerprint density at radius 2 is 2.19 bits per heavy atom. The summed E-state index contributed by atoms with van der Waals surface area (Å²) in [5, 5.41) is 1.25. The summed E-state index contributed by atoms with van der Waals surface area (Å²) < 4.78 is 5.37. The van der Waals surface area contributed by atoms with Gasteiger partial charge >= 0.3 is 0 Å². The Bertz CT molecular complexity index is 488. The van der Waals surface area contributed by atoms with Crippen molar-refractivity contribution in [3.8, 4) is 5.75 Å². The van der Waals surface area contributed by atoms with E-state index in [1.807, 2.05) is 6.07 Å². The van der Waals surface area contributed by atoms with Gasteiger partial charge in [-0.25, -0.2) is 0 Å². The van der Waals surface area contributed by atoms with Gasteiger partial charge in [0, 0.05) is 11.6 Å². The van der Waals surface area contributed by atoms with E-state index in [9.17, 15) is 0 Å². The van der Waals surface area contributed by atoms with Crippen molar-refractivity contribution in [1.82, 2.24) is 4.98 Å². The van der Waals surface area contributed by atoms with Crippen molar-refractivity contribution < 1.29 is 4.74 Å². The highest BCUT2D eigenvalue weighted by Crippen LogP contribution is 2.29. The van der Waals surface area contributed by atoms with Crippen LogP contribution in [0.25, 0.3) is 10.9 Å². The van der Waals surface area contributed by atoms with E-state index in [1.54, 1.807) is 7.11 Å². The van der Waals surface area contributed by atoms with Gasteiger partial charge in [0.2, 0.25) is 0 Å². The molecular formula is C13H18N2O. The van der Waals surface area contributed by atoms with Crippen molar-refractivity contribution in [1.29, 1.82) is 0 Å². The Kier molecular flexibility index (Phi) is 3.15. The summed E-state index contributed by atoms with van der Waals surface area (Å²) in [7, 11) is 1.70. The van der Waals surface area contributed by atoms with Crippen LogP contribution in [0.1, 0.15) is 17.5 Å². The van der Waals surface area contributed by atoms with Gasteiger partial charge in [-0.15, -0.1) is 0 Å². The Hall–Kier alpha value is -1.48. The number of fused-ring (bicyclic) bond motifs is 1. The normalized spacial score (nSPS) is 10.9. The number of aromatic nitrogens is 1. The van der Waals surface area contributed by atoms with Crippen LogP contribution in [0.3, 0.4) is 0 Å². The molecular weight excluding hydrogens is 200 g/mol. The molecule has 16 heavy (non-hydrogen) atoms. The number of aryl methyl sites for hydroxylation is 2. The number of H-pyrrole nitrogens is 1. The third-order valence-corrected chi connectivity index (χ3v) is 2.85. The summed E-state index contributed by atoms with van der Waals surface area (Å²) in [5.74, 6) is 0.911. The van der Waals surface area contributed by atoms with Crippen molar-refractivity contribution in [2.75, 3.05) is 13.7 Å². The smallest absolute Gasteiger partial charge is 0.143 e. The monoisotopic (exact) mass is 218 g/mol. The molecule has 0 aliphatic carbocycles. The van der Waals surface area contributed by atoms with Gasteiger partial charge in [-0.05, 0) is 49.6 Å². The first-order valence-corrected chi connectivity index (χ1v) is 5.61. The average Bonchev–Trinajstić information content (AvgIpc) is 2.68. The zero-order valence-electron chi connectivity index (χ0n) is 9.84. The zero-order chi connectivity index (χ0) is 11.5. The fraction of sp³-hybridized carbons (Fsp3) is 0.385. The molecule has 0 spiro atoms. The van der Waals surface area contributed by atoms with Crippen LogP contribution in [0.15, 0.2) is 18.3 Å². The molecule has 1 heterocycles. The van der Waals surface area contributed by atoms with Gasteiger partial charge in [0.1, 0.15) is 5.75 Å². The van der Waals surface area contributed by atoms with Crippen molar-refractivity contribution in [3.05, 3.63) is 29.5 Å². The molecule has 1 aromatic heterocycles. The lowest BCUT2D eigenvalue weighted by atomic mass is 10.1. The molecule has 3 heteroatoms. The van der Waals surface area contributed by atoms with Crippen molar-refractivity contribution >= 4 is 10.9 Å². The first-order valence-electron chi connectivity index (χ1n) is 5.61. The van der Waals surface area contributed by atoms with E-state index in [1.165, 1.54) is 16.5 Å². The van der Waals surface area contributed by atoms with E-state index < -0.39 is 0 Å². The first-order chi connectivity index (χ1) is 7.76. The molecule has 0 radical (unpaired) electrons. The second kappa shape index (κ2) is 4.58. The fourth-order valence-corrected chi connectivity index (χ4v) is 2.05. The van der Waals surface area contributed by atoms with Gasteiger partial charge in [0.15, 0.2) is 0 Å². The number of rotatable bonds is 4. The molecule has 0 saturated carbocycles. The van der Waals surface area contributed by atoms with Crippen LogP contribution in [0.4, 0.5) is 0 Å². The molecule has 0 saturated heterocycles. The fourth-order valence-electron chi connectivity index (χ4n) is 2.05. The van der Waals surface area contributed by atoms with E-state index in [0.29, 0.717) is 0 Å². The van der Waals surface area contributed by atoms with Crippen LogP contribution < -0.4 is 10.5 Å². The van der Waals surface area contributed by atoms with Gasteiger partial charge in [0.05, 0.1) is 12.6 Å². The molecule has 1 aromatic carbocycles. The third kappa shape index (κ3) is 1.91. The van der Waals surface area contributed by atoms with Crippen LogP contribution in [-0.2, 0) is 6.42 Å².